The predicted molar refractivity (Wildman–Crippen MR) is 79.0 cm³/mol. The largest absolute Gasteiger partial charge is 0.455 e. The molecule has 0 fully saturated rings. The van der Waals surface area contributed by atoms with Crippen molar-refractivity contribution in [2.24, 2.45) is 0 Å². The van der Waals surface area contributed by atoms with Gasteiger partial charge in [-0.15, -0.1) is 0 Å². The minimum Gasteiger partial charge on any atom is -0.455 e. The predicted octanol–water partition coefficient (Wildman–Crippen LogP) is 5.06. The Kier molecular flexibility index (Phi) is 4.43. The van der Waals surface area contributed by atoms with Crippen molar-refractivity contribution in [3.8, 4) is 11.5 Å². The van der Waals surface area contributed by atoms with Gasteiger partial charge in [-0.2, -0.15) is 0 Å². The minimum absolute atomic E-state index is 0.487. The second-order valence-electron chi connectivity index (χ2n) is 3.90. The third-order valence-corrected chi connectivity index (χ3v) is 3.77. The Labute approximate surface area is 123 Å². The van der Waals surface area contributed by atoms with Crippen LogP contribution in [0.25, 0.3) is 0 Å². The Hall–Kier alpha value is -0.840. The van der Waals surface area contributed by atoms with E-state index in [2.05, 4.69) is 31.9 Å². The fraction of sp³-hybridized carbons (Fsp3) is 0.143. The van der Waals surface area contributed by atoms with Crippen LogP contribution >= 0.6 is 31.9 Å². The van der Waals surface area contributed by atoms with Crippen molar-refractivity contribution < 1.29 is 9.84 Å². The highest BCUT2D eigenvalue weighted by Gasteiger charge is 2.08. The molecule has 2 rings (SSSR count). The Morgan fingerprint density at radius 3 is 2.28 bits per heavy atom. The molecule has 4 heteroatoms. The van der Waals surface area contributed by atoms with E-state index in [0.29, 0.717) is 5.75 Å². The average molecular weight is 372 g/mol. The van der Waals surface area contributed by atoms with Gasteiger partial charge in [0.15, 0.2) is 0 Å². The molecule has 0 unspecified atom stereocenters. The molecule has 0 heterocycles. The quantitative estimate of drug-likeness (QED) is 0.817. The molecule has 0 radical (unpaired) electrons. The van der Waals surface area contributed by atoms with Gasteiger partial charge in [0, 0.05) is 0 Å². The van der Waals surface area contributed by atoms with Crippen LogP contribution in [0.1, 0.15) is 18.6 Å². The third kappa shape index (κ3) is 3.13. The van der Waals surface area contributed by atoms with Crippen molar-refractivity contribution >= 4 is 31.9 Å². The lowest BCUT2D eigenvalue weighted by molar-refractivity contribution is 0.199. The summed E-state index contributed by atoms with van der Waals surface area (Å²) in [5.74, 6) is 1.47. The molecule has 0 aliphatic carbocycles. The van der Waals surface area contributed by atoms with Gasteiger partial charge in [0.2, 0.25) is 0 Å². The van der Waals surface area contributed by atoms with Crippen LogP contribution in [-0.4, -0.2) is 5.11 Å². The maximum absolute atomic E-state index is 9.50. The highest BCUT2D eigenvalue weighted by Crippen LogP contribution is 2.34. The summed E-state index contributed by atoms with van der Waals surface area (Å²) in [6.45, 7) is 1.73. The van der Waals surface area contributed by atoms with E-state index in [4.69, 9.17) is 4.74 Å². The molecular formula is C14H12Br2O2. The lowest BCUT2D eigenvalue weighted by atomic mass is 10.1. The number of para-hydroxylation sites is 1. The molecule has 1 N–H and O–H groups in total. The lowest BCUT2D eigenvalue weighted by Gasteiger charge is -2.11. The van der Waals surface area contributed by atoms with Crippen molar-refractivity contribution in [3.05, 3.63) is 57.0 Å². The van der Waals surface area contributed by atoms with E-state index in [1.165, 1.54) is 0 Å². The molecule has 0 aliphatic rings. The first-order valence-corrected chi connectivity index (χ1v) is 7.06. The Balaban J connectivity index is 2.28. The molecule has 2 nitrogen and oxygen atoms in total. The van der Waals surface area contributed by atoms with E-state index in [1.54, 1.807) is 6.92 Å². The van der Waals surface area contributed by atoms with E-state index in [0.717, 1.165) is 20.3 Å². The number of rotatable bonds is 3. The molecule has 1 atom stereocenters. The first-order valence-electron chi connectivity index (χ1n) is 5.48. The van der Waals surface area contributed by atoms with Crippen LogP contribution < -0.4 is 4.74 Å². The van der Waals surface area contributed by atoms with E-state index in [-0.39, 0.29) is 0 Å². The maximum Gasteiger partial charge on any atom is 0.141 e. The van der Waals surface area contributed by atoms with Crippen molar-refractivity contribution in [1.82, 2.24) is 0 Å². The summed E-state index contributed by atoms with van der Waals surface area (Å²) in [7, 11) is 0. The van der Waals surface area contributed by atoms with Gasteiger partial charge in [0.1, 0.15) is 11.5 Å². The minimum atomic E-state index is -0.487. The monoisotopic (exact) mass is 370 g/mol. The molecular weight excluding hydrogens is 360 g/mol. The van der Waals surface area contributed by atoms with E-state index in [1.807, 2.05) is 42.5 Å². The normalized spacial score (nSPS) is 12.2. The highest BCUT2D eigenvalue weighted by molar-refractivity contribution is 9.11. The van der Waals surface area contributed by atoms with Crippen LogP contribution in [0.15, 0.2) is 51.4 Å². The van der Waals surface area contributed by atoms with Crippen LogP contribution in [0.5, 0.6) is 11.5 Å². The summed E-state index contributed by atoms with van der Waals surface area (Å²) in [5.41, 5.74) is 0.848. The second kappa shape index (κ2) is 5.87. The van der Waals surface area contributed by atoms with Crippen molar-refractivity contribution in [2.45, 2.75) is 13.0 Å². The van der Waals surface area contributed by atoms with Crippen molar-refractivity contribution in [1.29, 1.82) is 0 Å². The SMILES string of the molecule is C[C@@H](O)c1ccc(Oc2ccccc2Br)c(Br)c1. The Morgan fingerprint density at radius 2 is 1.67 bits per heavy atom. The molecule has 18 heavy (non-hydrogen) atoms. The molecule has 2 aromatic carbocycles. The molecule has 0 aliphatic heterocycles. The van der Waals surface area contributed by atoms with Gasteiger partial charge < -0.3 is 9.84 Å². The number of benzene rings is 2. The number of hydrogen-bond acceptors (Lipinski definition) is 2. The number of aliphatic hydroxyl groups excluding tert-OH is 1. The molecule has 0 saturated heterocycles. The maximum atomic E-state index is 9.50. The lowest BCUT2D eigenvalue weighted by Crippen LogP contribution is -1.92. The van der Waals surface area contributed by atoms with Crippen LogP contribution in [-0.2, 0) is 0 Å². The smallest absolute Gasteiger partial charge is 0.141 e. The van der Waals surface area contributed by atoms with Crippen LogP contribution in [0.2, 0.25) is 0 Å². The first kappa shape index (κ1) is 13.6. The van der Waals surface area contributed by atoms with Gasteiger partial charge in [0.05, 0.1) is 15.0 Å². The third-order valence-electron chi connectivity index (χ3n) is 2.49. The van der Waals surface area contributed by atoms with Crippen LogP contribution in [0.3, 0.4) is 0 Å². The zero-order valence-corrected chi connectivity index (χ0v) is 12.9. The van der Waals surface area contributed by atoms with Gasteiger partial charge in [0.25, 0.3) is 0 Å². The molecule has 94 valence electrons. The standard InChI is InChI=1S/C14H12Br2O2/c1-9(17)10-6-7-14(12(16)8-10)18-13-5-3-2-4-11(13)15/h2-9,17H,1H3/t9-/m1/s1. The second-order valence-corrected chi connectivity index (χ2v) is 5.61. The van der Waals surface area contributed by atoms with Gasteiger partial charge >= 0.3 is 0 Å². The summed E-state index contributed by atoms with van der Waals surface area (Å²) < 4.78 is 7.52. The summed E-state index contributed by atoms with van der Waals surface area (Å²) in [6, 6.07) is 13.2. The molecule has 2 aromatic rings. The average Bonchev–Trinajstić information content (AvgIpc) is 2.34. The van der Waals surface area contributed by atoms with E-state index < -0.39 is 6.10 Å². The van der Waals surface area contributed by atoms with Crippen LogP contribution in [0.4, 0.5) is 0 Å². The van der Waals surface area contributed by atoms with Gasteiger partial charge in [-0.25, -0.2) is 0 Å². The Bertz CT molecular complexity index is 553. The number of halogens is 2. The zero-order valence-electron chi connectivity index (χ0n) is 9.73. The summed E-state index contributed by atoms with van der Waals surface area (Å²) in [5, 5.41) is 9.50. The number of hydrogen-bond donors (Lipinski definition) is 1. The fourth-order valence-electron chi connectivity index (χ4n) is 1.51. The van der Waals surface area contributed by atoms with Crippen molar-refractivity contribution in [2.75, 3.05) is 0 Å². The van der Waals surface area contributed by atoms with Crippen LogP contribution in [0, 0.1) is 0 Å². The first-order chi connectivity index (χ1) is 8.58. The highest BCUT2D eigenvalue weighted by atomic mass is 79.9. The van der Waals surface area contributed by atoms with Gasteiger partial charge in [-0.3, -0.25) is 0 Å². The number of ether oxygens (including phenoxy) is 1. The summed E-state index contributed by atoms with van der Waals surface area (Å²) in [4.78, 5) is 0. The van der Waals surface area contributed by atoms with E-state index >= 15 is 0 Å². The molecule has 0 bridgehead atoms. The molecule has 0 saturated carbocycles. The van der Waals surface area contributed by atoms with E-state index in [9.17, 15) is 5.11 Å². The zero-order chi connectivity index (χ0) is 13.1. The fourth-order valence-corrected chi connectivity index (χ4v) is 2.35. The van der Waals surface area contributed by atoms with Gasteiger partial charge in [-0.05, 0) is 68.6 Å². The van der Waals surface area contributed by atoms with Crippen molar-refractivity contribution in [3.63, 3.8) is 0 Å². The number of aliphatic hydroxyl groups is 1. The Morgan fingerprint density at radius 1 is 1.00 bits per heavy atom. The topological polar surface area (TPSA) is 29.5 Å². The summed E-state index contributed by atoms with van der Waals surface area (Å²) in [6.07, 6.45) is -0.487. The molecule has 0 amide bonds. The summed E-state index contributed by atoms with van der Waals surface area (Å²) >= 11 is 6.88. The molecule has 0 aromatic heterocycles. The van der Waals surface area contributed by atoms with Gasteiger partial charge in [-0.1, -0.05) is 18.2 Å². The molecule has 0 spiro atoms.